The van der Waals surface area contributed by atoms with Crippen molar-refractivity contribution in [1.29, 1.82) is 0 Å². The molecule has 9 nitrogen and oxygen atoms in total. The van der Waals surface area contributed by atoms with Crippen molar-refractivity contribution in [3.63, 3.8) is 0 Å². The van der Waals surface area contributed by atoms with Crippen molar-refractivity contribution in [3.8, 4) is 0 Å². The molecule has 0 bridgehead atoms. The number of hydrogen-bond donors (Lipinski definition) is 5. The van der Waals surface area contributed by atoms with Gasteiger partial charge in [0.1, 0.15) is 11.0 Å². The Morgan fingerprint density at radius 2 is 1.30 bits per heavy atom. The van der Waals surface area contributed by atoms with Gasteiger partial charge in [-0.2, -0.15) is 9.97 Å². The topological polar surface area (TPSA) is 120 Å². The number of rotatable bonds is 8. The normalized spacial score (nSPS) is 10.1. The number of fused-ring (bicyclic) bond motifs is 1. The highest BCUT2D eigenvalue weighted by Crippen LogP contribution is 2.26. The molecular weight excluding hydrogens is 320 g/mol. The summed E-state index contributed by atoms with van der Waals surface area (Å²) in [5.41, 5.74) is 1.23. The van der Waals surface area contributed by atoms with E-state index in [2.05, 4.69) is 48.1 Å². The lowest BCUT2D eigenvalue weighted by Gasteiger charge is -2.13. The van der Waals surface area contributed by atoms with Crippen LogP contribution in [0.15, 0.2) is 0 Å². The molecule has 10 heteroatoms. The Bertz CT molecular complexity index is 584. The second-order valence-corrected chi connectivity index (χ2v) is 4.57. The van der Waals surface area contributed by atoms with Crippen LogP contribution in [0.4, 0.5) is 23.5 Å². The number of anilines is 4. The Morgan fingerprint density at radius 1 is 0.826 bits per heavy atom. The highest BCUT2D eigenvalue weighted by molar-refractivity contribution is 5.94. The fourth-order valence-corrected chi connectivity index (χ4v) is 1.90. The van der Waals surface area contributed by atoms with Gasteiger partial charge in [-0.3, -0.25) is 0 Å². The molecule has 0 unspecified atom stereocenters. The summed E-state index contributed by atoms with van der Waals surface area (Å²) in [5.74, 6) is 2.16. The third kappa shape index (κ3) is 4.42. The van der Waals surface area contributed by atoms with Gasteiger partial charge >= 0.3 is 0 Å². The second-order valence-electron chi connectivity index (χ2n) is 4.57. The van der Waals surface area contributed by atoms with Crippen molar-refractivity contribution in [2.75, 3.05) is 55.1 Å². The largest absolute Gasteiger partial charge is 0.395 e. The molecule has 0 aliphatic heterocycles. The van der Waals surface area contributed by atoms with Crippen molar-refractivity contribution in [3.05, 3.63) is 0 Å². The molecule has 2 aromatic heterocycles. The molecule has 0 fully saturated rings. The number of halogens is 1. The SMILES string of the molecule is CCCNc1nc(NC)nc2c(NCCO)nc(NC)nc12.Cl. The van der Waals surface area contributed by atoms with E-state index in [1.54, 1.807) is 14.1 Å². The van der Waals surface area contributed by atoms with E-state index in [1.165, 1.54) is 0 Å². The summed E-state index contributed by atoms with van der Waals surface area (Å²) in [5, 5.41) is 21.2. The Hall–Kier alpha value is -2.13. The Balaban J connectivity index is 0.00000264. The minimum absolute atomic E-state index is 0. The first-order valence-electron chi connectivity index (χ1n) is 7.27. The predicted molar refractivity (Wildman–Crippen MR) is 95.8 cm³/mol. The monoisotopic (exact) mass is 342 g/mol. The van der Waals surface area contributed by atoms with E-state index in [9.17, 15) is 0 Å². The van der Waals surface area contributed by atoms with Crippen LogP contribution < -0.4 is 21.3 Å². The van der Waals surface area contributed by atoms with Crippen molar-refractivity contribution in [1.82, 2.24) is 19.9 Å². The molecule has 2 rings (SSSR count). The van der Waals surface area contributed by atoms with Crippen LogP contribution in [0.1, 0.15) is 13.3 Å². The maximum absolute atomic E-state index is 9.02. The van der Waals surface area contributed by atoms with Crippen molar-refractivity contribution in [2.45, 2.75) is 13.3 Å². The van der Waals surface area contributed by atoms with E-state index in [4.69, 9.17) is 5.11 Å². The first-order valence-corrected chi connectivity index (χ1v) is 7.27. The summed E-state index contributed by atoms with van der Waals surface area (Å²) in [6, 6.07) is 0. The van der Waals surface area contributed by atoms with Crippen LogP contribution in [0, 0.1) is 0 Å². The number of aromatic nitrogens is 4. The zero-order valence-electron chi connectivity index (χ0n) is 13.5. The molecule has 0 saturated heterocycles. The summed E-state index contributed by atoms with van der Waals surface area (Å²) in [6.45, 7) is 3.25. The molecule has 5 N–H and O–H groups in total. The fraction of sp³-hybridized carbons (Fsp3) is 0.538. The van der Waals surface area contributed by atoms with Gasteiger partial charge in [0.2, 0.25) is 11.9 Å². The zero-order valence-corrected chi connectivity index (χ0v) is 14.3. The molecule has 0 radical (unpaired) electrons. The fourth-order valence-electron chi connectivity index (χ4n) is 1.90. The van der Waals surface area contributed by atoms with Crippen LogP contribution in [-0.4, -0.2) is 58.8 Å². The third-order valence-corrected chi connectivity index (χ3v) is 2.94. The van der Waals surface area contributed by atoms with Gasteiger partial charge < -0.3 is 26.4 Å². The maximum Gasteiger partial charge on any atom is 0.225 e. The van der Waals surface area contributed by atoms with E-state index in [-0.39, 0.29) is 19.0 Å². The smallest absolute Gasteiger partial charge is 0.225 e. The van der Waals surface area contributed by atoms with E-state index in [0.717, 1.165) is 13.0 Å². The van der Waals surface area contributed by atoms with Crippen molar-refractivity contribution in [2.24, 2.45) is 0 Å². The van der Waals surface area contributed by atoms with Crippen LogP contribution >= 0.6 is 12.4 Å². The van der Waals surface area contributed by atoms with Gasteiger partial charge in [-0.1, -0.05) is 6.92 Å². The molecule has 2 heterocycles. The minimum atomic E-state index is 0. The van der Waals surface area contributed by atoms with Crippen molar-refractivity contribution >= 4 is 47.0 Å². The van der Waals surface area contributed by atoms with E-state index in [1.807, 2.05) is 0 Å². The van der Waals surface area contributed by atoms with E-state index in [0.29, 0.717) is 41.1 Å². The number of aliphatic hydroxyl groups excluding tert-OH is 1. The van der Waals surface area contributed by atoms with Crippen LogP contribution in [-0.2, 0) is 0 Å². The predicted octanol–water partition coefficient (Wildman–Crippen LogP) is 1.15. The number of aliphatic hydroxyl groups is 1. The maximum atomic E-state index is 9.02. The molecule has 0 aromatic carbocycles. The Morgan fingerprint density at radius 3 is 1.70 bits per heavy atom. The summed E-state index contributed by atoms with van der Waals surface area (Å²) in [4.78, 5) is 17.7. The Kier molecular flexibility index (Phi) is 7.49. The molecule has 0 atom stereocenters. The number of nitrogens with zero attached hydrogens (tertiary/aromatic N) is 4. The molecule has 0 amide bonds. The van der Waals surface area contributed by atoms with Crippen LogP contribution in [0.25, 0.3) is 11.0 Å². The lowest BCUT2D eigenvalue weighted by atomic mass is 10.3. The van der Waals surface area contributed by atoms with Gasteiger partial charge in [-0.05, 0) is 6.42 Å². The minimum Gasteiger partial charge on any atom is -0.395 e. The van der Waals surface area contributed by atoms with Gasteiger partial charge in [-0.15, -0.1) is 12.4 Å². The molecule has 128 valence electrons. The van der Waals surface area contributed by atoms with Gasteiger partial charge in [0, 0.05) is 27.2 Å². The second kappa shape index (κ2) is 9.11. The summed E-state index contributed by atoms with van der Waals surface area (Å²) >= 11 is 0. The van der Waals surface area contributed by atoms with E-state index >= 15 is 0 Å². The molecule has 23 heavy (non-hydrogen) atoms. The van der Waals surface area contributed by atoms with Crippen LogP contribution in [0.5, 0.6) is 0 Å². The standard InChI is InChI=1S/C13H22N8O.ClH/c1-4-5-16-10-8-9(19-12(14-2)20-10)11(17-6-7-22)21-13(15-3)18-8;/h22H,4-7H2,1-3H3,(H2,14,16,19,20)(H2,15,17,18,21);1H. The summed E-state index contributed by atoms with van der Waals surface area (Å²) in [6.07, 6.45) is 0.972. The quantitative estimate of drug-likeness (QED) is 0.481. The van der Waals surface area contributed by atoms with Gasteiger partial charge in [-0.25, -0.2) is 9.97 Å². The molecular formula is C13H23ClN8O. The number of nitrogens with one attached hydrogen (secondary N) is 4. The average molecular weight is 343 g/mol. The van der Waals surface area contributed by atoms with Gasteiger partial charge in [0.15, 0.2) is 11.6 Å². The molecule has 0 aliphatic rings. The third-order valence-electron chi connectivity index (χ3n) is 2.94. The average Bonchev–Trinajstić information content (AvgIpc) is 2.56. The molecule has 2 aromatic rings. The lowest BCUT2D eigenvalue weighted by molar-refractivity contribution is 0.311. The van der Waals surface area contributed by atoms with Crippen molar-refractivity contribution < 1.29 is 5.11 Å². The Labute approximate surface area is 141 Å². The summed E-state index contributed by atoms with van der Waals surface area (Å²) in [7, 11) is 3.51. The first kappa shape index (κ1) is 18.9. The highest BCUT2D eigenvalue weighted by Gasteiger charge is 2.15. The molecule has 0 spiro atoms. The van der Waals surface area contributed by atoms with Crippen LogP contribution in [0.2, 0.25) is 0 Å². The van der Waals surface area contributed by atoms with Crippen LogP contribution in [0.3, 0.4) is 0 Å². The first-order chi connectivity index (χ1) is 10.7. The molecule has 0 aliphatic carbocycles. The number of hydrogen-bond acceptors (Lipinski definition) is 9. The van der Waals surface area contributed by atoms with E-state index < -0.39 is 0 Å². The van der Waals surface area contributed by atoms with Gasteiger partial charge in [0.05, 0.1) is 6.61 Å². The lowest BCUT2D eigenvalue weighted by Crippen LogP contribution is -2.13. The molecule has 0 saturated carbocycles. The van der Waals surface area contributed by atoms with Gasteiger partial charge in [0.25, 0.3) is 0 Å². The zero-order chi connectivity index (χ0) is 15.9. The summed E-state index contributed by atoms with van der Waals surface area (Å²) < 4.78 is 0. The highest BCUT2D eigenvalue weighted by atomic mass is 35.5.